The maximum Gasteiger partial charge on any atom is 0.363 e. The molecule has 0 unspecified atom stereocenters. The lowest BCUT2D eigenvalue weighted by Gasteiger charge is -2.05. The number of hydrogen-bond donors (Lipinski definition) is 0. The highest BCUT2D eigenvalue weighted by Crippen LogP contribution is 2.21. The minimum atomic E-state index is -0.593. The number of aliphatic imine (C=N–C) groups is 1. The number of aryl methyl sites for hydroxylation is 1. The molecule has 0 spiro atoms. The molecule has 0 bridgehead atoms. The van der Waals surface area contributed by atoms with Crippen LogP contribution in [0.25, 0.3) is 6.08 Å². The molecule has 1 aliphatic heterocycles. The van der Waals surface area contributed by atoms with Crippen molar-refractivity contribution in [1.82, 2.24) is 0 Å². The van der Waals surface area contributed by atoms with E-state index in [1.54, 1.807) is 42.5 Å². The van der Waals surface area contributed by atoms with Crippen molar-refractivity contribution < 1.29 is 23.5 Å². The molecule has 0 aromatic heterocycles. The fraction of sp³-hybridized carbons (Fsp3) is 0.0417. The Hall–Kier alpha value is -4.06. The first kappa shape index (κ1) is 19.3. The number of rotatable bonds is 4. The van der Waals surface area contributed by atoms with Crippen LogP contribution >= 0.6 is 0 Å². The Morgan fingerprint density at radius 1 is 0.967 bits per heavy atom. The average molecular weight is 401 g/mol. The maximum absolute atomic E-state index is 13.0. The van der Waals surface area contributed by atoms with Gasteiger partial charge in [-0.3, -0.25) is 0 Å². The van der Waals surface area contributed by atoms with Gasteiger partial charge in [0.2, 0.25) is 5.90 Å². The van der Waals surface area contributed by atoms with Crippen LogP contribution in [0.5, 0.6) is 5.75 Å². The molecular weight excluding hydrogens is 385 g/mol. The first-order valence-corrected chi connectivity index (χ1v) is 9.15. The number of esters is 2. The van der Waals surface area contributed by atoms with Crippen molar-refractivity contribution in [1.29, 1.82) is 0 Å². The molecular formula is C24H16FNO4. The Bertz CT molecular complexity index is 1160. The number of carbonyl (C=O) groups is 2. The van der Waals surface area contributed by atoms with Gasteiger partial charge in [0.1, 0.15) is 11.6 Å². The zero-order chi connectivity index (χ0) is 21.1. The lowest BCUT2D eigenvalue weighted by molar-refractivity contribution is -0.129. The molecule has 0 amide bonds. The van der Waals surface area contributed by atoms with Gasteiger partial charge in [-0.05, 0) is 67.1 Å². The van der Waals surface area contributed by atoms with Gasteiger partial charge in [-0.15, -0.1) is 0 Å². The molecule has 30 heavy (non-hydrogen) atoms. The lowest BCUT2D eigenvalue weighted by atomic mass is 10.1. The van der Waals surface area contributed by atoms with Crippen LogP contribution in [-0.4, -0.2) is 17.8 Å². The Balaban J connectivity index is 1.48. The van der Waals surface area contributed by atoms with Crippen molar-refractivity contribution in [2.75, 3.05) is 0 Å². The van der Waals surface area contributed by atoms with E-state index in [4.69, 9.17) is 9.47 Å². The average Bonchev–Trinajstić information content (AvgIpc) is 3.10. The van der Waals surface area contributed by atoms with Gasteiger partial charge in [0.25, 0.3) is 0 Å². The Morgan fingerprint density at radius 3 is 2.30 bits per heavy atom. The molecule has 148 valence electrons. The number of ether oxygens (including phenoxy) is 2. The highest BCUT2D eigenvalue weighted by molar-refractivity contribution is 6.12. The van der Waals surface area contributed by atoms with Crippen LogP contribution in [0.15, 0.2) is 83.5 Å². The Labute approximate surface area is 172 Å². The van der Waals surface area contributed by atoms with Crippen LogP contribution in [0, 0.1) is 12.7 Å². The summed E-state index contributed by atoms with van der Waals surface area (Å²) in [4.78, 5) is 28.4. The molecule has 0 fully saturated rings. The van der Waals surface area contributed by atoms with Gasteiger partial charge in [0, 0.05) is 5.56 Å². The summed E-state index contributed by atoms with van der Waals surface area (Å²) in [5.74, 6) is -0.928. The second kappa shape index (κ2) is 8.13. The van der Waals surface area contributed by atoms with E-state index in [2.05, 4.69) is 4.99 Å². The molecule has 5 nitrogen and oxygen atoms in total. The maximum atomic E-state index is 13.0. The third kappa shape index (κ3) is 4.33. The number of cyclic esters (lactones) is 1. The van der Waals surface area contributed by atoms with E-state index in [9.17, 15) is 14.0 Å². The minimum absolute atomic E-state index is 0.120. The monoisotopic (exact) mass is 401 g/mol. The van der Waals surface area contributed by atoms with Gasteiger partial charge in [-0.2, -0.15) is 0 Å². The van der Waals surface area contributed by atoms with Gasteiger partial charge in [0.15, 0.2) is 5.70 Å². The standard InChI is InChI=1S/C24H16FNO4/c1-15-2-6-18(7-3-15)23(27)29-20-12-4-16(5-13-20)14-21-24(28)30-22(26-21)17-8-10-19(25)11-9-17/h2-14H,1H3/b21-14-. The number of benzene rings is 3. The van der Waals surface area contributed by atoms with Crippen LogP contribution in [0.2, 0.25) is 0 Å². The molecule has 0 atom stereocenters. The summed E-state index contributed by atoms with van der Waals surface area (Å²) in [5.41, 5.74) is 2.83. The molecule has 0 saturated heterocycles. The molecule has 0 aliphatic carbocycles. The number of carbonyl (C=O) groups excluding carboxylic acids is 2. The highest BCUT2D eigenvalue weighted by Gasteiger charge is 2.24. The summed E-state index contributed by atoms with van der Waals surface area (Å²) in [6.07, 6.45) is 1.56. The van der Waals surface area contributed by atoms with Crippen molar-refractivity contribution in [2.45, 2.75) is 6.92 Å². The molecule has 3 aromatic carbocycles. The Kier molecular flexibility index (Phi) is 5.22. The summed E-state index contributed by atoms with van der Waals surface area (Å²) < 4.78 is 23.6. The smallest absolute Gasteiger partial charge is 0.363 e. The predicted molar refractivity (Wildman–Crippen MR) is 110 cm³/mol. The fourth-order valence-corrected chi connectivity index (χ4v) is 2.77. The topological polar surface area (TPSA) is 65.0 Å². The van der Waals surface area contributed by atoms with Crippen LogP contribution in [-0.2, 0) is 9.53 Å². The summed E-state index contributed by atoms with van der Waals surface area (Å²) in [7, 11) is 0. The molecule has 0 radical (unpaired) electrons. The molecule has 6 heteroatoms. The van der Waals surface area contributed by atoms with Gasteiger partial charge >= 0.3 is 11.9 Å². The molecule has 4 rings (SSSR count). The van der Waals surface area contributed by atoms with Crippen LogP contribution in [0.3, 0.4) is 0 Å². The molecule has 3 aromatic rings. The highest BCUT2D eigenvalue weighted by atomic mass is 19.1. The van der Waals surface area contributed by atoms with E-state index in [-0.39, 0.29) is 17.4 Å². The number of halogens is 1. The lowest BCUT2D eigenvalue weighted by Crippen LogP contribution is -2.08. The van der Waals surface area contributed by atoms with Crippen molar-refractivity contribution >= 4 is 23.9 Å². The van der Waals surface area contributed by atoms with Crippen molar-refractivity contribution in [3.8, 4) is 5.75 Å². The normalized spacial score (nSPS) is 14.4. The van der Waals surface area contributed by atoms with E-state index in [1.807, 2.05) is 19.1 Å². The van der Waals surface area contributed by atoms with E-state index < -0.39 is 11.9 Å². The van der Waals surface area contributed by atoms with E-state index in [1.165, 1.54) is 24.3 Å². The largest absolute Gasteiger partial charge is 0.423 e. The van der Waals surface area contributed by atoms with Crippen LogP contribution < -0.4 is 4.74 Å². The van der Waals surface area contributed by atoms with E-state index >= 15 is 0 Å². The van der Waals surface area contributed by atoms with Gasteiger partial charge < -0.3 is 9.47 Å². The molecule has 1 heterocycles. The van der Waals surface area contributed by atoms with E-state index in [0.717, 1.165) is 5.56 Å². The van der Waals surface area contributed by atoms with Crippen molar-refractivity contribution in [3.05, 3.63) is 107 Å². The van der Waals surface area contributed by atoms with Crippen molar-refractivity contribution in [3.63, 3.8) is 0 Å². The molecule has 1 aliphatic rings. The first-order chi connectivity index (χ1) is 14.5. The molecule has 0 saturated carbocycles. The SMILES string of the molecule is Cc1ccc(C(=O)Oc2ccc(/C=C3\N=C(c4ccc(F)cc4)OC3=O)cc2)cc1. The number of nitrogens with zero attached hydrogens (tertiary/aromatic N) is 1. The third-order valence-electron chi connectivity index (χ3n) is 4.39. The van der Waals surface area contributed by atoms with Crippen molar-refractivity contribution in [2.24, 2.45) is 4.99 Å². The van der Waals surface area contributed by atoms with Crippen LogP contribution in [0.1, 0.15) is 27.0 Å². The second-order valence-electron chi connectivity index (χ2n) is 6.67. The predicted octanol–water partition coefficient (Wildman–Crippen LogP) is 4.70. The fourth-order valence-electron chi connectivity index (χ4n) is 2.77. The zero-order valence-electron chi connectivity index (χ0n) is 16.0. The first-order valence-electron chi connectivity index (χ1n) is 9.15. The summed E-state index contributed by atoms with van der Waals surface area (Å²) in [5, 5.41) is 0. The zero-order valence-corrected chi connectivity index (χ0v) is 16.0. The number of hydrogen-bond acceptors (Lipinski definition) is 5. The minimum Gasteiger partial charge on any atom is -0.423 e. The van der Waals surface area contributed by atoms with E-state index in [0.29, 0.717) is 22.4 Å². The van der Waals surface area contributed by atoms with Crippen LogP contribution in [0.4, 0.5) is 4.39 Å². The quantitative estimate of drug-likeness (QED) is 0.361. The third-order valence-corrected chi connectivity index (χ3v) is 4.39. The summed E-state index contributed by atoms with van der Waals surface area (Å²) >= 11 is 0. The Morgan fingerprint density at radius 2 is 1.63 bits per heavy atom. The second-order valence-corrected chi connectivity index (χ2v) is 6.67. The van der Waals surface area contributed by atoms with Gasteiger partial charge in [0.05, 0.1) is 5.56 Å². The van der Waals surface area contributed by atoms with Gasteiger partial charge in [-0.25, -0.2) is 19.0 Å². The molecule has 0 N–H and O–H groups in total. The summed E-state index contributed by atoms with van der Waals surface area (Å²) in [6.45, 7) is 1.94. The van der Waals surface area contributed by atoms with Gasteiger partial charge in [-0.1, -0.05) is 29.8 Å². The summed E-state index contributed by atoms with van der Waals surface area (Å²) in [6, 6.07) is 19.3.